The van der Waals surface area contributed by atoms with Crippen molar-refractivity contribution in [2.24, 2.45) is 0 Å². The Kier molecular flexibility index (Phi) is 4.48. The maximum Gasteiger partial charge on any atom is 0.401 e. The average molecular weight is 311 g/mol. The first kappa shape index (κ1) is 13.9. The van der Waals surface area contributed by atoms with Crippen molar-refractivity contribution in [3.63, 3.8) is 0 Å². The fraction of sp³-hybridized carbons (Fsp3) is 0.300. The predicted molar refractivity (Wildman–Crippen MR) is 56.5 cm³/mol. The van der Waals surface area contributed by atoms with Crippen LogP contribution in [0.15, 0.2) is 22.7 Å². The third-order valence-corrected chi connectivity index (χ3v) is 2.56. The monoisotopic (exact) mass is 310 g/mol. The summed E-state index contributed by atoms with van der Waals surface area (Å²) in [6.45, 7) is -1.30. The maximum atomic E-state index is 13.1. The van der Waals surface area contributed by atoms with Gasteiger partial charge in [-0.2, -0.15) is 18.4 Å². The molecule has 0 bridgehead atoms. The summed E-state index contributed by atoms with van der Waals surface area (Å²) < 4.78 is 49.2. The molecule has 17 heavy (non-hydrogen) atoms. The minimum absolute atomic E-state index is 0.150. The van der Waals surface area contributed by atoms with Gasteiger partial charge in [0.25, 0.3) is 0 Å². The number of rotatable bonds is 3. The second-order valence-corrected chi connectivity index (χ2v) is 4.09. The van der Waals surface area contributed by atoms with E-state index in [1.807, 2.05) is 5.32 Å². The van der Waals surface area contributed by atoms with Crippen LogP contribution >= 0.6 is 15.9 Å². The smallest absolute Gasteiger partial charge is 0.290 e. The third-order valence-electron chi connectivity index (χ3n) is 1.91. The Bertz CT molecular complexity index is 439. The van der Waals surface area contributed by atoms with Crippen LogP contribution in [0.5, 0.6) is 0 Å². The van der Waals surface area contributed by atoms with Crippen molar-refractivity contribution in [3.8, 4) is 6.07 Å². The lowest BCUT2D eigenvalue weighted by Crippen LogP contribution is -2.31. The average Bonchev–Trinajstić information content (AvgIpc) is 2.22. The van der Waals surface area contributed by atoms with E-state index in [4.69, 9.17) is 5.26 Å². The van der Waals surface area contributed by atoms with E-state index in [0.29, 0.717) is 0 Å². The van der Waals surface area contributed by atoms with Gasteiger partial charge < -0.3 is 0 Å². The van der Waals surface area contributed by atoms with Gasteiger partial charge in [0.2, 0.25) is 0 Å². The molecule has 0 radical (unpaired) electrons. The van der Waals surface area contributed by atoms with E-state index < -0.39 is 24.6 Å². The van der Waals surface area contributed by atoms with Crippen LogP contribution in [-0.2, 0) is 0 Å². The van der Waals surface area contributed by atoms with E-state index in [0.717, 1.165) is 6.07 Å². The van der Waals surface area contributed by atoms with Crippen molar-refractivity contribution in [2.75, 3.05) is 6.54 Å². The summed E-state index contributed by atoms with van der Waals surface area (Å²) in [5.41, 5.74) is 0.150. The molecule has 1 rings (SSSR count). The van der Waals surface area contributed by atoms with Crippen LogP contribution in [0.4, 0.5) is 17.6 Å². The summed E-state index contributed by atoms with van der Waals surface area (Å²) >= 11 is 2.91. The summed E-state index contributed by atoms with van der Waals surface area (Å²) in [6.07, 6.45) is -4.41. The number of alkyl halides is 3. The highest BCUT2D eigenvalue weighted by atomic mass is 79.9. The molecule has 0 saturated carbocycles. The number of nitrogens with zero attached hydrogens (tertiary/aromatic N) is 1. The lowest BCUT2D eigenvalue weighted by Gasteiger charge is -2.13. The number of nitriles is 1. The third kappa shape index (κ3) is 4.32. The van der Waals surface area contributed by atoms with Gasteiger partial charge in [0.1, 0.15) is 11.9 Å². The van der Waals surface area contributed by atoms with Gasteiger partial charge in [-0.1, -0.05) is 6.07 Å². The predicted octanol–water partition coefficient (Wildman–Crippen LogP) is 3.30. The van der Waals surface area contributed by atoms with Gasteiger partial charge in [-0.05, 0) is 33.6 Å². The van der Waals surface area contributed by atoms with Gasteiger partial charge in [-0.3, -0.25) is 5.32 Å². The summed E-state index contributed by atoms with van der Waals surface area (Å²) in [5.74, 6) is -0.628. The molecule has 1 atom stereocenters. The number of nitrogens with one attached hydrogen (secondary N) is 1. The van der Waals surface area contributed by atoms with Crippen molar-refractivity contribution in [2.45, 2.75) is 12.2 Å². The van der Waals surface area contributed by atoms with Crippen LogP contribution in [0, 0.1) is 17.1 Å². The van der Waals surface area contributed by atoms with Crippen molar-refractivity contribution in [1.82, 2.24) is 5.32 Å². The Morgan fingerprint density at radius 3 is 2.53 bits per heavy atom. The Balaban J connectivity index is 2.81. The fourth-order valence-corrected chi connectivity index (χ4v) is 1.39. The van der Waals surface area contributed by atoms with Gasteiger partial charge in [0.05, 0.1) is 17.1 Å². The minimum Gasteiger partial charge on any atom is -0.290 e. The maximum absolute atomic E-state index is 13.1. The number of hydrogen-bond acceptors (Lipinski definition) is 2. The first-order valence-corrected chi connectivity index (χ1v) is 5.27. The zero-order valence-electron chi connectivity index (χ0n) is 8.35. The van der Waals surface area contributed by atoms with E-state index in [1.165, 1.54) is 12.1 Å². The molecule has 1 unspecified atom stereocenters. The standard InChI is InChI=1S/C10H7BrF4N2/c11-7-2-1-6(3-8(7)12)9(4-16)17-5-10(13,14)15/h1-3,9,17H,5H2. The summed E-state index contributed by atoms with van der Waals surface area (Å²) in [6, 6.07) is 4.18. The second-order valence-electron chi connectivity index (χ2n) is 3.23. The van der Waals surface area contributed by atoms with Gasteiger partial charge in [-0.15, -0.1) is 0 Å². The second kappa shape index (κ2) is 5.47. The molecule has 0 aromatic heterocycles. The molecule has 0 spiro atoms. The molecular weight excluding hydrogens is 304 g/mol. The molecule has 0 aliphatic rings. The molecule has 7 heteroatoms. The van der Waals surface area contributed by atoms with Crippen molar-refractivity contribution in [1.29, 1.82) is 5.26 Å². The minimum atomic E-state index is -4.41. The van der Waals surface area contributed by atoms with Crippen LogP contribution in [0.2, 0.25) is 0 Å². The van der Waals surface area contributed by atoms with E-state index >= 15 is 0 Å². The zero-order chi connectivity index (χ0) is 13.1. The quantitative estimate of drug-likeness (QED) is 0.870. The molecule has 0 heterocycles. The van der Waals surface area contributed by atoms with Crippen molar-refractivity contribution in [3.05, 3.63) is 34.1 Å². The molecule has 0 amide bonds. The van der Waals surface area contributed by atoms with Crippen LogP contribution in [0.25, 0.3) is 0 Å². The number of halogens is 5. The zero-order valence-corrected chi connectivity index (χ0v) is 9.94. The van der Waals surface area contributed by atoms with Crippen LogP contribution in [-0.4, -0.2) is 12.7 Å². The molecule has 1 aromatic rings. The van der Waals surface area contributed by atoms with E-state index in [-0.39, 0.29) is 10.0 Å². The Labute approximate surface area is 103 Å². The summed E-state index contributed by atoms with van der Waals surface area (Å²) in [5, 5.41) is 10.7. The van der Waals surface area contributed by atoms with Crippen LogP contribution in [0.3, 0.4) is 0 Å². The molecular formula is C10H7BrF4N2. The lowest BCUT2D eigenvalue weighted by atomic mass is 10.1. The topological polar surface area (TPSA) is 35.8 Å². The van der Waals surface area contributed by atoms with Crippen molar-refractivity contribution >= 4 is 15.9 Å². The Hall–Kier alpha value is -1.13. The van der Waals surface area contributed by atoms with E-state index in [2.05, 4.69) is 15.9 Å². The number of hydrogen-bond donors (Lipinski definition) is 1. The largest absolute Gasteiger partial charge is 0.401 e. The van der Waals surface area contributed by atoms with Gasteiger partial charge in [-0.25, -0.2) is 4.39 Å². The highest BCUT2D eigenvalue weighted by Crippen LogP contribution is 2.21. The first-order chi connectivity index (χ1) is 7.83. The number of benzene rings is 1. The van der Waals surface area contributed by atoms with Gasteiger partial charge >= 0.3 is 6.18 Å². The van der Waals surface area contributed by atoms with Crippen molar-refractivity contribution < 1.29 is 17.6 Å². The van der Waals surface area contributed by atoms with Gasteiger partial charge in [0, 0.05) is 0 Å². The molecule has 1 aromatic carbocycles. The lowest BCUT2D eigenvalue weighted by molar-refractivity contribution is -0.125. The molecule has 0 fully saturated rings. The summed E-state index contributed by atoms with van der Waals surface area (Å²) in [7, 11) is 0. The molecule has 2 nitrogen and oxygen atoms in total. The Morgan fingerprint density at radius 2 is 2.06 bits per heavy atom. The van der Waals surface area contributed by atoms with Gasteiger partial charge in [0.15, 0.2) is 0 Å². The highest BCUT2D eigenvalue weighted by molar-refractivity contribution is 9.10. The first-order valence-electron chi connectivity index (χ1n) is 4.48. The molecule has 0 aliphatic heterocycles. The Morgan fingerprint density at radius 1 is 1.41 bits per heavy atom. The highest BCUT2D eigenvalue weighted by Gasteiger charge is 2.28. The van der Waals surface area contributed by atoms with E-state index in [9.17, 15) is 17.6 Å². The van der Waals surface area contributed by atoms with Crippen LogP contribution in [0.1, 0.15) is 11.6 Å². The summed E-state index contributed by atoms with van der Waals surface area (Å²) in [4.78, 5) is 0. The normalized spacial score (nSPS) is 13.2. The molecule has 0 saturated heterocycles. The molecule has 1 N–H and O–H groups in total. The fourth-order valence-electron chi connectivity index (χ4n) is 1.15. The molecule has 0 aliphatic carbocycles. The SMILES string of the molecule is N#CC(NCC(F)(F)F)c1ccc(Br)c(F)c1. The molecule has 92 valence electrons. The van der Waals surface area contributed by atoms with E-state index in [1.54, 1.807) is 6.07 Å². The van der Waals surface area contributed by atoms with Crippen LogP contribution < -0.4 is 5.32 Å².